The third-order valence-electron chi connectivity index (χ3n) is 5.36. The normalized spacial score (nSPS) is 12.4. The van der Waals surface area contributed by atoms with Crippen molar-refractivity contribution < 1.29 is 13.6 Å². The highest BCUT2D eigenvalue weighted by Gasteiger charge is 2.24. The van der Waals surface area contributed by atoms with Gasteiger partial charge in [-0.3, -0.25) is 4.79 Å². The first kappa shape index (κ1) is 24.2. The maximum Gasteiger partial charge on any atom is 0.237 e. The second kappa shape index (κ2) is 10.9. The molecule has 33 heavy (non-hydrogen) atoms. The van der Waals surface area contributed by atoms with Gasteiger partial charge in [-0.25, -0.2) is 8.78 Å². The molecular formula is C28H28F2N2O. The lowest BCUT2D eigenvalue weighted by molar-refractivity contribution is -0.126. The molecule has 3 nitrogen and oxygen atoms in total. The van der Waals surface area contributed by atoms with Gasteiger partial charge in [0.1, 0.15) is 17.0 Å². The van der Waals surface area contributed by atoms with Crippen LogP contribution < -0.4 is 10.6 Å². The number of amides is 1. The Bertz CT molecular complexity index is 1200. The van der Waals surface area contributed by atoms with E-state index >= 15 is 0 Å². The van der Waals surface area contributed by atoms with Crippen molar-refractivity contribution in [2.24, 2.45) is 5.41 Å². The molecule has 1 amide bonds. The molecule has 0 saturated heterocycles. The number of rotatable bonds is 7. The summed E-state index contributed by atoms with van der Waals surface area (Å²) in [7, 11) is 0. The topological polar surface area (TPSA) is 41.1 Å². The molecule has 0 aromatic heterocycles. The zero-order valence-corrected chi connectivity index (χ0v) is 19.1. The predicted octanol–water partition coefficient (Wildman–Crippen LogP) is 5.67. The van der Waals surface area contributed by atoms with E-state index in [1.54, 1.807) is 19.9 Å². The fourth-order valence-electron chi connectivity index (χ4n) is 3.50. The molecule has 5 heteroatoms. The lowest BCUT2D eigenvalue weighted by Crippen LogP contribution is -2.35. The first-order valence-corrected chi connectivity index (χ1v) is 10.9. The van der Waals surface area contributed by atoms with E-state index < -0.39 is 17.0 Å². The summed E-state index contributed by atoms with van der Waals surface area (Å²) < 4.78 is 26.6. The van der Waals surface area contributed by atoms with Crippen LogP contribution in [0.3, 0.4) is 0 Å². The van der Waals surface area contributed by atoms with Crippen LogP contribution in [0.4, 0.5) is 8.78 Å². The Labute approximate surface area is 193 Å². The molecule has 3 aromatic carbocycles. The van der Waals surface area contributed by atoms with Crippen LogP contribution in [0.25, 0.3) is 10.8 Å². The number of fused-ring (bicyclic) bond motifs is 1. The lowest BCUT2D eigenvalue weighted by atomic mass is 9.93. The summed E-state index contributed by atoms with van der Waals surface area (Å²) in [6, 6.07) is 18.0. The van der Waals surface area contributed by atoms with Gasteiger partial charge in [-0.1, -0.05) is 60.4 Å². The highest BCUT2D eigenvalue weighted by Crippen LogP contribution is 2.23. The maximum absolute atomic E-state index is 13.3. The molecule has 1 atom stereocenters. The molecule has 0 radical (unpaired) electrons. The minimum atomic E-state index is -0.945. The number of benzene rings is 3. The molecule has 3 rings (SSSR count). The number of hydrogen-bond donors (Lipinski definition) is 2. The summed E-state index contributed by atoms with van der Waals surface area (Å²) in [5, 5.41) is 8.60. The van der Waals surface area contributed by atoms with Gasteiger partial charge in [0.05, 0.1) is 0 Å². The van der Waals surface area contributed by atoms with Gasteiger partial charge in [0.15, 0.2) is 0 Å². The number of nitrogens with one attached hydrogen (secondary N) is 2. The van der Waals surface area contributed by atoms with E-state index in [4.69, 9.17) is 0 Å². The first-order valence-electron chi connectivity index (χ1n) is 10.9. The van der Waals surface area contributed by atoms with Crippen molar-refractivity contribution in [1.82, 2.24) is 10.6 Å². The van der Waals surface area contributed by atoms with Crippen molar-refractivity contribution in [3.05, 3.63) is 95.6 Å². The lowest BCUT2D eigenvalue weighted by Gasteiger charge is -2.17. The number of allylic oxidation sites excluding steroid dienone is 1. The molecule has 0 aliphatic rings. The van der Waals surface area contributed by atoms with Crippen LogP contribution in [0.1, 0.15) is 37.9 Å². The molecule has 0 saturated carbocycles. The number of hydrogen-bond acceptors (Lipinski definition) is 2. The standard InChI is InChI=1S/C28H28F2N2O/c1-20(25-13-9-11-22-10-5-6-12-26(22)25)31-15-8-4-7-14-28(2,3)27(33)32-19-21-16-23(29)18-24(30)17-21/h4-6,8-13,16-18,20,31H,15,19H2,1-3H3,(H,32,33)/b8-4+/t20-/m1/s1. The van der Waals surface area contributed by atoms with Gasteiger partial charge in [0.25, 0.3) is 0 Å². The van der Waals surface area contributed by atoms with Gasteiger partial charge in [-0.05, 0) is 60.9 Å². The average molecular weight is 447 g/mol. The van der Waals surface area contributed by atoms with Gasteiger partial charge in [-0.15, -0.1) is 0 Å². The maximum atomic E-state index is 13.3. The van der Waals surface area contributed by atoms with Crippen LogP contribution in [0.15, 0.2) is 72.8 Å². The fourth-order valence-corrected chi connectivity index (χ4v) is 3.50. The molecule has 0 aliphatic carbocycles. The van der Waals surface area contributed by atoms with E-state index in [9.17, 15) is 13.6 Å². The number of carbonyl (C=O) groups is 1. The van der Waals surface area contributed by atoms with E-state index in [2.05, 4.69) is 59.7 Å². The van der Waals surface area contributed by atoms with E-state index in [1.165, 1.54) is 28.5 Å². The second-order valence-electron chi connectivity index (χ2n) is 8.46. The first-order chi connectivity index (χ1) is 15.8. The Hall–Kier alpha value is -3.49. The molecule has 0 heterocycles. The van der Waals surface area contributed by atoms with E-state index in [0.29, 0.717) is 12.1 Å². The Morgan fingerprint density at radius 2 is 1.76 bits per heavy atom. The Balaban J connectivity index is 1.50. The molecule has 170 valence electrons. The molecular weight excluding hydrogens is 418 g/mol. The SMILES string of the molecule is C[C@@H](NC/C=C/C#CC(C)(C)C(=O)NCc1cc(F)cc(F)c1)c1cccc2ccccc12. The Kier molecular flexibility index (Phi) is 7.97. The van der Waals surface area contributed by atoms with Crippen molar-refractivity contribution >= 4 is 16.7 Å². The van der Waals surface area contributed by atoms with Gasteiger partial charge < -0.3 is 10.6 Å². The van der Waals surface area contributed by atoms with Crippen molar-refractivity contribution in [3.8, 4) is 11.8 Å². The summed E-state index contributed by atoms with van der Waals surface area (Å²) in [5.74, 6) is 4.19. The fraction of sp³-hybridized carbons (Fsp3) is 0.250. The minimum absolute atomic E-state index is 0.0322. The van der Waals surface area contributed by atoms with Crippen LogP contribution in [-0.4, -0.2) is 12.5 Å². The van der Waals surface area contributed by atoms with E-state index in [-0.39, 0.29) is 18.5 Å². The van der Waals surface area contributed by atoms with Crippen molar-refractivity contribution in [3.63, 3.8) is 0 Å². The summed E-state index contributed by atoms with van der Waals surface area (Å²) in [4.78, 5) is 12.4. The summed E-state index contributed by atoms with van der Waals surface area (Å²) in [6.45, 7) is 6.20. The predicted molar refractivity (Wildman–Crippen MR) is 129 cm³/mol. The Morgan fingerprint density at radius 1 is 1.06 bits per heavy atom. The Morgan fingerprint density at radius 3 is 2.52 bits per heavy atom. The van der Waals surface area contributed by atoms with Gasteiger partial charge in [0.2, 0.25) is 5.91 Å². The van der Waals surface area contributed by atoms with Crippen LogP contribution in [0.5, 0.6) is 0 Å². The largest absolute Gasteiger partial charge is 0.351 e. The number of halogens is 2. The molecule has 0 bridgehead atoms. The smallest absolute Gasteiger partial charge is 0.237 e. The molecule has 0 unspecified atom stereocenters. The van der Waals surface area contributed by atoms with E-state index in [0.717, 1.165) is 6.07 Å². The minimum Gasteiger partial charge on any atom is -0.351 e. The zero-order valence-electron chi connectivity index (χ0n) is 19.1. The van der Waals surface area contributed by atoms with E-state index in [1.807, 2.05) is 18.2 Å². The second-order valence-corrected chi connectivity index (χ2v) is 8.46. The van der Waals surface area contributed by atoms with Crippen molar-refractivity contribution in [2.45, 2.75) is 33.4 Å². The summed E-state index contributed by atoms with van der Waals surface area (Å²) >= 11 is 0. The molecule has 0 aliphatic heterocycles. The average Bonchev–Trinajstić information content (AvgIpc) is 2.78. The van der Waals surface area contributed by atoms with Crippen LogP contribution in [-0.2, 0) is 11.3 Å². The van der Waals surface area contributed by atoms with Crippen LogP contribution in [0, 0.1) is 28.9 Å². The quantitative estimate of drug-likeness (QED) is 0.459. The summed E-state index contributed by atoms with van der Waals surface area (Å²) in [5.41, 5.74) is 0.652. The van der Waals surface area contributed by atoms with Crippen LogP contribution >= 0.6 is 0 Å². The van der Waals surface area contributed by atoms with Gasteiger partial charge >= 0.3 is 0 Å². The zero-order chi connectivity index (χ0) is 23.8. The monoisotopic (exact) mass is 446 g/mol. The number of carbonyl (C=O) groups excluding carboxylic acids is 1. The van der Waals surface area contributed by atoms with Crippen molar-refractivity contribution in [2.75, 3.05) is 6.54 Å². The highest BCUT2D eigenvalue weighted by atomic mass is 19.1. The molecule has 3 aromatic rings. The van der Waals surface area contributed by atoms with Crippen molar-refractivity contribution in [1.29, 1.82) is 0 Å². The molecule has 0 fully saturated rings. The highest BCUT2D eigenvalue weighted by molar-refractivity contribution is 5.86. The third kappa shape index (κ3) is 6.74. The third-order valence-corrected chi connectivity index (χ3v) is 5.36. The van der Waals surface area contributed by atoms with Crippen LogP contribution in [0.2, 0.25) is 0 Å². The summed E-state index contributed by atoms with van der Waals surface area (Å²) in [6.07, 6.45) is 3.64. The van der Waals surface area contributed by atoms with Gasteiger partial charge in [0, 0.05) is 25.2 Å². The molecule has 2 N–H and O–H groups in total. The van der Waals surface area contributed by atoms with Gasteiger partial charge in [-0.2, -0.15) is 0 Å². The molecule has 0 spiro atoms.